The minimum Gasteiger partial charge on any atom is -0.394 e. The molecule has 0 aliphatic heterocycles. The normalized spacial score (nSPS) is 11.8. The third kappa shape index (κ3) is 3.94. The molecule has 1 aromatic rings. The molecule has 1 rings (SSSR count). The first-order valence-corrected chi connectivity index (χ1v) is 6.19. The number of nitrogens with zero attached hydrogens (tertiary/aromatic N) is 1. The molecule has 0 radical (unpaired) electrons. The molecule has 0 spiro atoms. The molecule has 0 bridgehead atoms. The van der Waals surface area contributed by atoms with Crippen molar-refractivity contribution in [1.29, 1.82) is 0 Å². The zero-order valence-electron chi connectivity index (χ0n) is 11.1. The summed E-state index contributed by atoms with van der Waals surface area (Å²) in [5.74, 6) is -0.531. The summed E-state index contributed by atoms with van der Waals surface area (Å²) in [6.07, 6.45) is 0. The number of aliphatic hydroxyl groups is 1. The van der Waals surface area contributed by atoms with E-state index in [1.165, 1.54) is 17.9 Å². The highest BCUT2D eigenvalue weighted by molar-refractivity contribution is 6.34. The van der Waals surface area contributed by atoms with E-state index in [-0.39, 0.29) is 30.0 Å². The van der Waals surface area contributed by atoms with Crippen LogP contribution in [-0.4, -0.2) is 41.5 Å². The number of halogens is 1. The molecule has 0 saturated carbocycles. The maximum atomic E-state index is 12.2. The van der Waals surface area contributed by atoms with E-state index in [9.17, 15) is 9.59 Å². The lowest BCUT2D eigenvalue weighted by atomic mass is 10.1. The van der Waals surface area contributed by atoms with Gasteiger partial charge in [0.25, 0.3) is 5.91 Å². The van der Waals surface area contributed by atoms with Gasteiger partial charge in [0.15, 0.2) is 0 Å². The Labute approximate surface area is 117 Å². The van der Waals surface area contributed by atoms with Crippen molar-refractivity contribution < 1.29 is 14.7 Å². The standard InChI is InChI=1S/C13H17ClN2O3/c1-8(7-17)16(3)13(19)11-6-10(15-9(2)18)4-5-12(11)14/h4-6,8,17H,7H2,1-3H3,(H,15,18). The van der Waals surface area contributed by atoms with Crippen LogP contribution >= 0.6 is 11.6 Å². The van der Waals surface area contributed by atoms with E-state index in [0.29, 0.717) is 10.7 Å². The molecule has 0 heterocycles. The molecule has 2 amide bonds. The number of hydrogen-bond donors (Lipinski definition) is 2. The van der Waals surface area contributed by atoms with Crippen LogP contribution in [0.15, 0.2) is 18.2 Å². The lowest BCUT2D eigenvalue weighted by Crippen LogP contribution is -2.37. The van der Waals surface area contributed by atoms with E-state index < -0.39 is 0 Å². The number of amides is 2. The fraction of sp³-hybridized carbons (Fsp3) is 0.385. The second-order valence-electron chi connectivity index (χ2n) is 4.32. The quantitative estimate of drug-likeness (QED) is 0.885. The topological polar surface area (TPSA) is 69.6 Å². The molecule has 0 aliphatic rings. The second-order valence-corrected chi connectivity index (χ2v) is 4.73. The molecule has 6 heteroatoms. The van der Waals surface area contributed by atoms with E-state index in [1.54, 1.807) is 26.1 Å². The monoisotopic (exact) mass is 284 g/mol. The van der Waals surface area contributed by atoms with Crippen LogP contribution in [0.5, 0.6) is 0 Å². The molecule has 0 saturated heterocycles. The largest absolute Gasteiger partial charge is 0.394 e. The predicted octanol–water partition coefficient (Wildman–Crippen LogP) is 1.75. The van der Waals surface area contributed by atoms with Crippen LogP contribution in [0.2, 0.25) is 5.02 Å². The Bertz CT molecular complexity index is 491. The van der Waals surface area contributed by atoms with Gasteiger partial charge in [-0.1, -0.05) is 11.6 Å². The summed E-state index contributed by atoms with van der Waals surface area (Å²) in [5.41, 5.74) is 0.793. The fourth-order valence-corrected chi connectivity index (χ4v) is 1.68. The van der Waals surface area contributed by atoms with Gasteiger partial charge in [0.1, 0.15) is 0 Å². The van der Waals surface area contributed by atoms with Crippen LogP contribution in [0.1, 0.15) is 24.2 Å². The smallest absolute Gasteiger partial charge is 0.255 e. The number of hydrogen-bond acceptors (Lipinski definition) is 3. The Kier molecular flexibility index (Phi) is 5.32. The van der Waals surface area contributed by atoms with Crippen LogP contribution in [-0.2, 0) is 4.79 Å². The molecule has 104 valence electrons. The molecule has 1 atom stereocenters. The van der Waals surface area contributed by atoms with Gasteiger partial charge in [0, 0.05) is 19.7 Å². The van der Waals surface area contributed by atoms with E-state index in [4.69, 9.17) is 16.7 Å². The molecule has 5 nitrogen and oxygen atoms in total. The predicted molar refractivity (Wildman–Crippen MR) is 74.4 cm³/mol. The summed E-state index contributed by atoms with van der Waals surface area (Å²) in [6, 6.07) is 4.38. The molecule has 1 unspecified atom stereocenters. The van der Waals surface area contributed by atoms with Crippen molar-refractivity contribution >= 4 is 29.1 Å². The Morgan fingerprint density at radius 2 is 2.11 bits per heavy atom. The first-order valence-electron chi connectivity index (χ1n) is 5.82. The van der Waals surface area contributed by atoms with E-state index in [0.717, 1.165) is 0 Å². The van der Waals surface area contributed by atoms with Crippen molar-refractivity contribution in [3.63, 3.8) is 0 Å². The van der Waals surface area contributed by atoms with Crippen molar-refractivity contribution in [2.75, 3.05) is 19.0 Å². The molecular formula is C13H17ClN2O3. The number of aliphatic hydroxyl groups excluding tert-OH is 1. The van der Waals surface area contributed by atoms with Crippen LogP contribution in [0.4, 0.5) is 5.69 Å². The van der Waals surface area contributed by atoms with Gasteiger partial charge in [-0.05, 0) is 25.1 Å². The number of rotatable bonds is 4. The van der Waals surface area contributed by atoms with Crippen molar-refractivity contribution in [3.05, 3.63) is 28.8 Å². The van der Waals surface area contributed by atoms with E-state index >= 15 is 0 Å². The summed E-state index contributed by atoms with van der Waals surface area (Å²) in [7, 11) is 1.59. The zero-order valence-corrected chi connectivity index (χ0v) is 11.9. The molecule has 2 N–H and O–H groups in total. The van der Waals surface area contributed by atoms with Crippen LogP contribution in [0.25, 0.3) is 0 Å². The van der Waals surface area contributed by atoms with Crippen LogP contribution < -0.4 is 5.32 Å². The van der Waals surface area contributed by atoms with E-state index in [1.807, 2.05) is 0 Å². The summed E-state index contributed by atoms with van der Waals surface area (Å²) in [6.45, 7) is 2.98. The molecule has 0 aromatic heterocycles. The number of carbonyl (C=O) groups is 2. The van der Waals surface area contributed by atoms with Gasteiger partial charge in [-0.3, -0.25) is 9.59 Å². The maximum absolute atomic E-state index is 12.2. The Balaban J connectivity index is 3.04. The van der Waals surface area contributed by atoms with Crippen molar-refractivity contribution in [1.82, 2.24) is 4.90 Å². The highest BCUT2D eigenvalue weighted by Gasteiger charge is 2.19. The van der Waals surface area contributed by atoms with Gasteiger partial charge in [0.05, 0.1) is 23.2 Å². The van der Waals surface area contributed by atoms with Gasteiger partial charge in [-0.25, -0.2) is 0 Å². The molecular weight excluding hydrogens is 268 g/mol. The number of nitrogens with one attached hydrogen (secondary N) is 1. The maximum Gasteiger partial charge on any atom is 0.255 e. The van der Waals surface area contributed by atoms with Gasteiger partial charge in [0.2, 0.25) is 5.91 Å². The fourth-order valence-electron chi connectivity index (χ4n) is 1.48. The molecule has 0 aliphatic carbocycles. The average molecular weight is 285 g/mol. The van der Waals surface area contributed by atoms with Crippen LogP contribution in [0.3, 0.4) is 0 Å². The zero-order chi connectivity index (χ0) is 14.6. The van der Waals surface area contributed by atoms with Crippen LogP contribution in [0, 0.1) is 0 Å². The Morgan fingerprint density at radius 3 is 2.63 bits per heavy atom. The highest BCUT2D eigenvalue weighted by atomic mass is 35.5. The molecule has 19 heavy (non-hydrogen) atoms. The highest BCUT2D eigenvalue weighted by Crippen LogP contribution is 2.22. The van der Waals surface area contributed by atoms with Crippen molar-refractivity contribution in [2.45, 2.75) is 19.9 Å². The van der Waals surface area contributed by atoms with Gasteiger partial charge in [-0.15, -0.1) is 0 Å². The minimum atomic E-state index is -0.312. The average Bonchev–Trinajstić information content (AvgIpc) is 2.37. The van der Waals surface area contributed by atoms with Crippen molar-refractivity contribution in [2.24, 2.45) is 0 Å². The first kappa shape index (κ1) is 15.5. The summed E-state index contributed by atoms with van der Waals surface area (Å²) < 4.78 is 0. The van der Waals surface area contributed by atoms with Gasteiger partial charge in [-0.2, -0.15) is 0 Å². The molecule has 1 aromatic carbocycles. The number of anilines is 1. The third-order valence-corrected chi connectivity index (χ3v) is 3.09. The van der Waals surface area contributed by atoms with Gasteiger partial charge < -0.3 is 15.3 Å². The first-order chi connectivity index (χ1) is 8.86. The molecule has 0 fully saturated rings. The SMILES string of the molecule is CC(=O)Nc1ccc(Cl)c(C(=O)N(C)C(C)CO)c1. The lowest BCUT2D eigenvalue weighted by molar-refractivity contribution is -0.114. The minimum absolute atomic E-state index is 0.134. The summed E-state index contributed by atoms with van der Waals surface area (Å²) in [5, 5.41) is 12.0. The lowest BCUT2D eigenvalue weighted by Gasteiger charge is -2.23. The third-order valence-electron chi connectivity index (χ3n) is 2.76. The van der Waals surface area contributed by atoms with Crippen molar-refractivity contribution in [3.8, 4) is 0 Å². The summed E-state index contributed by atoms with van der Waals surface area (Å²) in [4.78, 5) is 24.6. The summed E-state index contributed by atoms with van der Waals surface area (Å²) >= 11 is 6.00. The Hall–Kier alpha value is -1.59. The number of benzene rings is 1. The van der Waals surface area contributed by atoms with Gasteiger partial charge >= 0.3 is 0 Å². The number of likely N-dealkylation sites (N-methyl/N-ethyl adjacent to an activating group) is 1. The Morgan fingerprint density at radius 1 is 1.47 bits per heavy atom. The second kappa shape index (κ2) is 6.54. The number of carbonyl (C=O) groups excluding carboxylic acids is 2. The van der Waals surface area contributed by atoms with E-state index in [2.05, 4.69) is 5.32 Å².